The van der Waals surface area contributed by atoms with Crippen LogP contribution in [-0.4, -0.2) is 49.9 Å². The maximum absolute atomic E-state index is 12.6. The largest absolute Gasteiger partial charge is 0.481 e. The smallest absolute Gasteiger partial charge is 0.308 e. The summed E-state index contributed by atoms with van der Waals surface area (Å²) >= 11 is 0. The minimum absolute atomic E-state index is 0.0428. The van der Waals surface area contributed by atoms with Gasteiger partial charge in [0.1, 0.15) is 0 Å². The number of hydrogen-bond acceptors (Lipinski definition) is 4. The average molecular weight is 340 g/mol. The molecule has 0 aromatic heterocycles. The lowest BCUT2D eigenvalue weighted by atomic mass is 9.93. The summed E-state index contributed by atoms with van der Waals surface area (Å²) < 4.78 is 25.6. The predicted octanol–water partition coefficient (Wildman–Crippen LogP) is 0.920. The molecule has 23 heavy (non-hydrogen) atoms. The summed E-state index contributed by atoms with van der Waals surface area (Å²) in [7, 11) is -2.23. The Bertz CT molecular complexity index is 699. The summed E-state index contributed by atoms with van der Waals surface area (Å²) in [5, 5.41) is 9.14. The summed E-state index contributed by atoms with van der Waals surface area (Å²) in [6.45, 7) is 2.06. The Hall–Kier alpha value is -1.93. The first-order chi connectivity index (χ1) is 10.8. The molecule has 126 valence electrons. The van der Waals surface area contributed by atoms with Crippen molar-refractivity contribution in [3.05, 3.63) is 29.8 Å². The highest BCUT2D eigenvalue weighted by Crippen LogP contribution is 2.24. The van der Waals surface area contributed by atoms with Crippen molar-refractivity contribution in [3.63, 3.8) is 0 Å². The Morgan fingerprint density at radius 1 is 1.22 bits per heavy atom. The fraction of sp³-hybridized carbons (Fsp3) is 0.467. The molecule has 1 fully saturated rings. The van der Waals surface area contributed by atoms with Crippen LogP contribution in [-0.2, 0) is 14.8 Å². The van der Waals surface area contributed by atoms with E-state index in [-0.39, 0.29) is 23.4 Å². The molecule has 1 saturated heterocycles. The van der Waals surface area contributed by atoms with E-state index in [9.17, 15) is 18.0 Å². The zero-order chi connectivity index (χ0) is 17.2. The second-order valence-corrected chi connectivity index (χ2v) is 7.54. The van der Waals surface area contributed by atoms with Gasteiger partial charge in [0.25, 0.3) is 5.91 Å². The number of nitrogens with zero attached hydrogens (tertiary/aromatic N) is 1. The zero-order valence-corrected chi connectivity index (χ0v) is 13.8. The first kappa shape index (κ1) is 17.4. The number of nitrogens with one attached hydrogen (secondary N) is 1. The van der Waals surface area contributed by atoms with E-state index in [1.54, 1.807) is 4.90 Å². The third kappa shape index (κ3) is 3.70. The van der Waals surface area contributed by atoms with E-state index < -0.39 is 21.9 Å². The molecular weight excluding hydrogens is 320 g/mol. The monoisotopic (exact) mass is 340 g/mol. The molecule has 1 heterocycles. The minimum Gasteiger partial charge on any atom is -0.481 e. The number of hydrogen-bond donors (Lipinski definition) is 2. The number of amides is 1. The number of likely N-dealkylation sites (tertiary alicyclic amines) is 1. The molecule has 1 aliphatic heterocycles. The van der Waals surface area contributed by atoms with Gasteiger partial charge in [-0.05, 0) is 51.1 Å². The van der Waals surface area contributed by atoms with Gasteiger partial charge in [0, 0.05) is 18.2 Å². The van der Waals surface area contributed by atoms with Crippen LogP contribution in [0.1, 0.15) is 30.1 Å². The van der Waals surface area contributed by atoms with Gasteiger partial charge in [-0.1, -0.05) is 0 Å². The molecule has 2 unspecified atom stereocenters. The van der Waals surface area contributed by atoms with Gasteiger partial charge in [-0.3, -0.25) is 9.59 Å². The first-order valence-corrected chi connectivity index (χ1v) is 8.82. The third-order valence-corrected chi connectivity index (χ3v) is 5.60. The van der Waals surface area contributed by atoms with Crippen LogP contribution in [0.3, 0.4) is 0 Å². The van der Waals surface area contributed by atoms with Crippen molar-refractivity contribution >= 4 is 21.9 Å². The van der Waals surface area contributed by atoms with Crippen LogP contribution >= 0.6 is 0 Å². The maximum atomic E-state index is 12.6. The van der Waals surface area contributed by atoms with Crippen molar-refractivity contribution in [2.75, 3.05) is 13.6 Å². The number of carbonyl (C=O) groups is 2. The molecule has 2 N–H and O–H groups in total. The number of piperidine rings is 1. The molecule has 0 saturated carbocycles. The molecule has 2 rings (SSSR count). The van der Waals surface area contributed by atoms with Crippen molar-refractivity contribution < 1.29 is 23.1 Å². The maximum Gasteiger partial charge on any atom is 0.308 e. The van der Waals surface area contributed by atoms with Crippen molar-refractivity contribution in [1.29, 1.82) is 0 Å². The van der Waals surface area contributed by atoms with E-state index in [1.807, 2.05) is 6.92 Å². The molecule has 0 radical (unpaired) electrons. The summed E-state index contributed by atoms with van der Waals surface area (Å²) in [5.74, 6) is -1.74. The minimum atomic E-state index is -3.55. The summed E-state index contributed by atoms with van der Waals surface area (Å²) in [5.41, 5.74) is 0.345. The van der Waals surface area contributed by atoms with Gasteiger partial charge in [-0.15, -0.1) is 0 Å². The van der Waals surface area contributed by atoms with E-state index in [4.69, 9.17) is 5.11 Å². The molecule has 1 aromatic carbocycles. The Kier molecular flexibility index (Phi) is 5.06. The zero-order valence-electron chi connectivity index (χ0n) is 13.0. The highest BCUT2D eigenvalue weighted by atomic mass is 32.2. The van der Waals surface area contributed by atoms with Crippen LogP contribution in [0.4, 0.5) is 0 Å². The van der Waals surface area contributed by atoms with E-state index >= 15 is 0 Å². The number of rotatable bonds is 4. The quantitative estimate of drug-likeness (QED) is 0.848. The average Bonchev–Trinajstić information content (AvgIpc) is 2.54. The van der Waals surface area contributed by atoms with Gasteiger partial charge in [0.05, 0.1) is 10.8 Å². The molecule has 7 nitrogen and oxygen atoms in total. The van der Waals surface area contributed by atoms with Gasteiger partial charge in [-0.25, -0.2) is 13.1 Å². The molecular formula is C15H20N2O5S. The molecule has 1 aromatic rings. The van der Waals surface area contributed by atoms with Gasteiger partial charge < -0.3 is 10.0 Å². The number of carboxylic acids is 1. The standard InChI is InChI=1S/C15H20N2O5S/c1-10-3-4-12(15(19)20)9-17(10)14(18)11-5-7-13(8-6-11)23(21,22)16-2/h5-8,10,12,16H,3-4,9H2,1-2H3,(H,19,20). The van der Waals surface area contributed by atoms with Crippen LogP contribution < -0.4 is 4.72 Å². The molecule has 1 aliphatic rings. The molecule has 8 heteroatoms. The number of sulfonamides is 1. The second-order valence-electron chi connectivity index (χ2n) is 5.65. The normalized spacial score (nSPS) is 21.9. The fourth-order valence-electron chi connectivity index (χ4n) is 2.65. The highest BCUT2D eigenvalue weighted by molar-refractivity contribution is 7.89. The summed E-state index contributed by atoms with van der Waals surface area (Å²) in [6.07, 6.45) is 1.19. The summed E-state index contributed by atoms with van der Waals surface area (Å²) in [4.78, 5) is 25.3. The van der Waals surface area contributed by atoms with Gasteiger partial charge in [0.15, 0.2) is 0 Å². The molecule has 0 spiro atoms. The van der Waals surface area contributed by atoms with Gasteiger partial charge in [0.2, 0.25) is 10.0 Å². The Morgan fingerprint density at radius 2 is 1.83 bits per heavy atom. The van der Waals surface area contributed by atoms with Crippen LogP contribution in [0, 0.1) is 5.92 Å². The van der Waals surface area contributed by atoms with Crippen molar-refractivity contribution in [3.8, 4) is 0 Å². The number of benzene rings is 1. The SMILES string of the molecule is CNS(=O)(=O)c1ccc(C(=O)N2CC(C(=O)O)CCC2C)cc1. The fourth-order valence-corrected chi connectivity index (χ4v) is 3.38. The van der Waals surface area contributed by atoms with Crippen molar-refractivity contribution in [2.24, 2.45) is 5.92 Å². The number of carboxylic acid groups (broad SMARTS) is 1. The van der Waals surface area contributed by atoms with E-state index in [0.717, 1.165) is 0 Å². The lowest BCUT2D eigenvalue weighted by Crippen LogP contribution is -2.47. The molecule has 0 bridgehead atoms. The molecule has 1 amide bonds. The van der Waals surface area contributed by atoms with Crippen LogP contribution in [0.25, 0.3) is 0 Å². The Labute approximate surface area is 135 Å². The van der Waals surface area contributed by atoms with Crippen LogP contribution in [0.15, 0.2) is 29.2 Å². The van der Waals surface area contributed by atoms with E-state index in [2.05, 4.69) is 4.72 Å². The number of carbonyl (C=O) groups excluding carboxylic acids is 1. The third-order valence-electron chi connectivity index (χ3n) is 4.17. The lowest BCUT2D eigenvalue weighted by Gasteiger charge is -2.36. The Balaban J connectivity index is 2.21. The molecule has 0 aliphatic carbocycles. The Morgan fingerprint density at radius 3 is 2.35 bits per heavy atom. The predicted molar refractivity (Wildman–Crippen MR) is 83.5 cm³/mol. The van der Waals surface area contributed by atoms with E-state index in [1.165, 1.54) is 31.3 Å². The van der Waals surface area contributed by atoms with E-state index in [0.29, 0.717) is 18.4 Å². The summed E-state index contributed by atoms with van der Waals surface area (Å²) in [6, 6.07) is 5.58. The first-order valence-electron chi connectivity index (χ1n) is 7.33. The number of aliphatic carboxylic acids is 1. The van der Waals surface area contributed by atoms with Gasteiger partial charge in [-0.2, -0.15) is 0 Å². The van der Waals surface area contributed by atoms with Crippen molar-refractivity contribution in [1.82, 2.24) is 9.62 Å². The van der Waals surface area contributed by atoms with Crippen LogP contribution in [0.5, 0.6) is 0 Å². The molecule has 2 atom stereocenters. The topological polar surface area (TPSA) is 104 Å². The van der Waals surface area contributed by atoms with Crippen LogP contribution in [0.2, 0.25) is 0 Å². The van der Waals surface area contributed by atoms with Gasteiger partial charge >= 0.3 is 5.97 Å². The lowest BCUT2D eigenvalue weighted by molar-refractivity contribution is -0.143. The second kappa shape index (κ2) is 6.67. The van der Waals surface area contributed by atoms with Crippen molar-refractivity contribution in [2.45, 2.75) is 30.7 Å². The highest BCUT2D eigenvalue weighted by Gasteiger charge is 2.33.